The Bertz CT molecular complexity index is 833. The molecule has 0 bridgehead atoms. The molecule has 6 nitrogen and oxygen atoms in total. The third-order valence-electron chi connectivity index (χ3n) is 4.17. The van der Waals surface area contributed by atoms with Gasteiger partial charge in [-0.3, -0.25) is 4.79 Å². The number of aliphatic carboxylic acids is 1. The van der Waals surface area contributed by atoms with Crippen molar-refractivity contribution in [2.75, 3.05) is 6.67 Å². The van der Waals surface area contributed by atoms with Gasteiger partial charge in [0.25, 0.3) is 5.91 Å². The predicted molar refractivity (Wildman–Crippen MR) is 90.2 cm³/mol. The lowest BCUT2D eigenvalue weighted by molar-refractivity contribution is -0.139. The van der Waals surface area contributed by atoms with E-state index in [-0.39, 0.29) is 11.5 Å². The van der Waals surface area contributed by atoms with Crippen molar-refractivity contribution in [1.29, 1.82) is 0 Å². The molecule has 132 valence electrons. The number of carbonyl (C=O) groups excluding carboxylic acids is 1. The molecule has 1 aliphatic carbocycles. The molecule has 1 unspecified atom stereocenters. The number of alkyl halides is 1. The van der Waals surface area contributed by atoms with Gasteiger partial charge in [-0.25, -0.2) is 13.9 Å². The van der Waals surface area contributed by atoms with E-state index in [0.717, 1.165) is 24.1 Å². The number of hydrogen-bond donors (Lipinski definition) is 2. The van der Waals surface area contributed by atoms with Crippen LogP contribution in [-0.4, -0.2) is 39.5 Å². The molecule has 2 aromatic rings. The van der Waals surface area contributed by atoms with Gasteiger partial charge < -0.3 is 10.4 Å². The topological polar surface area (TPSA) is 84.2 Å². The molecule has 1 aromatic heterocycles. The van der Waals surface area contributed by atoms with Gasteiger partial charge in [0.1, 0.15) is 6.67 Å². The minimum absolute atomic E-state index is 0.164. The fourth-order valence-electron chi connectivity index (χ4n) is 2.60. The molecule has 1 fully saturated rings. The van der Waals surface area contributed by atoms with Gasteiger partial charge in [0.15, 0.2) is 6.04 Å². The van der Waals surface area contributed by atoms with Gasteiger partial charge in [0.2, 0.25) is 0 Å². The van der Waals surface area contributed by atoms with E-state index in [9.17, 15) is 14.0 Å². The number of nitrogens with zero attached hydrogens (tertiary/aromatic N) is 2. The maximum absolute atomic E-state index is 12.8. The van der Waals surface area contributed by atoms with Crippen molar-refractivity contribution in [1.82, 2.24) is 15.1 Å². The Kier molecular flexibility index (Phi) is 4.76. The lowest BCUT2D eigenvalue weighted by Gasteiger charge is -2.12. The van der Waals surface area contributed by atoms with Gasteiger partial charge in [-0.15, -0.1) is 0 Å². The minimum Gasteiger partial charge on any atom is -0.480 e. The van der Waals surface area contributed by atoms with Crippen LogP contribution < -0.4 is 5.32 Å². The highest BCUT2D eigenvalue weighted by Crippen LogP contribution is 2.42. The molecule has 1 saturated carbocycles. The van der Waals surface area contributed by atoms with E-state index in [1.54, 1.807) is 10.7 Å². The van der Waals surface area contributed by atoms with Crippen LogP contribution in [-0.2, 0) is 4.79 Å². The molecule has 1 atom stereocenters. The quantitative estimate of drug-likeness (QED) is 0.824. The first kappa shape index (κ1) is 17.4. The summed E-state index contributed by atoms with van der Waals surface area (Å²) in [4.78, 5) is 23.4. The smallest absolute Gasteiger partial charge is 0.328 e. The van der Waals surface area contributed by atoms with Crippen LogP contribution in [0.1, 0.15) is 40.4 Å². The number of rotatable bonds is 6. The van der Waals surface area contributed by atoms with E-state index in [0.29, 0.717) is 10.7 Å². The Morgan fingerprint density at radius 1 is 1.48 bits per heavy atom. The molecule has 1 amide bonds. The molecular weight excluding hydrogens is 349 g/mol. The molecule has 25 heavy (non-hydrogen) atoms. The van der Waals surface area contributed by atoms with Gasteiger partial charge in [0, 0.05) is 10.9 Å². The number of nitrogens with one attached hydrogen (secondary N) is 1. The van der Waals surface area contributed by atoms with Crippen molar-refractivity contribution in [2.45, 2.75) is 31.7 Å². The molecular formula is C17H17ClFN3O3. The average molecular weight is 366 g/mol. The number of hydrogen-bond acceptors (Lipinski definition) is 3. The lowest BCUT2D eigenvalue weighted by atomic mass is 10.1. The van der Waals surface area contributed by atoms with Crippen molar-refractivity contribution < 1.29 is 19.1 Å². The highest BCUT2D eigenvalue weighted by atomic mass is 35.5. The van der Waals surface area contributed by atoms with Crippen molar-refractivity contribution in [3.8, 4) is 5.69 Å². The first-order valence-corrected chi connectivity index (χ1v) is 8.24. The van der Waals surface area contributed by atoms with Crippen LogP contribution in [0.25, 0.3) is 5.69 Å². The zero-order chi connectivity index (χ0) is 18.1. The van der Waals surface area contributed by atoms with Crippen LogP contribution in [0.15, 0.2) is 24.4 Å². The molecule has 2 N–H and O–H groups in total. The monoisotopic (exact) mass is 365 g/mol. The Balaban J connectivity index is 1.96. The summed E-state index contributed by atoms with van der Waals surface area (Å²) in [5.74, 6) is -1.89. The van der Waals surface area contributed by atoms with Crippen LogP contribution in [0.2, 0.25) is 5.02 Å². The molecule has 1 heterocycles. The maximum atomic E-state index is 12.8. The average Bonchev–Trinajstić information content (AvgIpc) is 3.32. The fraction of sp³-hybridized carbons (Fsp3) is 0.353. The minimum atomic E-state index is -1.57. The number of carboxylic acid groups (broad SMARTS) is 1. The highest BCUT2D eigenvalue weighted by Gasteiger charge is 2.34. The molecule has 1 aromatic carbocycles. The zero-order valence-electron chi connectivity index (χ0n) is 13.5. The number of benzene rings is 1. The summed E-state index contributed by atoms with van der Waals surface area (Å²) in [6.45, 7) is 0.709. The highest BCUT2D eigenvalue weighted by molar-refractivity contribution is 6.31. The van der Waals surface area contributed by atoms with Crippen LogP contribution in [0.4, 0.5) is 4.39 Å². The van der Waals surface area contributed by atoms with E-state index in [2.05, 4.69) is 10.4 Å². The van der Waals surface area contributed by atoms with Gasteiger partial charge in [-0.1, -0.05) is 17.7 Å². The summed E-state index contributed by atoms with van der Waals surface area (Å²) in [5.41, 5.74) is 2.60. The second-order valence-electron chi connectivity index (χ2n) is 6.08. The van der Waals surface area contributed by atoms with Crippen molar-refractivity contribution in [3.05, 3.63) is 46.2 Å². The summed E-state index contributed by atoms with van der Waals surface area (Å²) >= 11 is 6.18. The second kappa shape index (κ2) is 6.84. The van der Waals surface area contributed by atoms with Crippen LogP contribution in [0.3, 0.4) is 0 Å². The predicted octanol–water partition coefficient (Wildman–Crippen LogP) is 2.86. The summed E-state index contributed by atoms with van der Waals surface area (Å²) in [6, 6.07) is 3.90. The Labute approximate surface area is 148 Å². The molecule has 0 saturated heterocycles. The van der Waals surface area contributed by atoms with E-state index < -0.39 is 24.6 Å². The first-order valence-electron chi connectivity index (χ1n) is 7.86. The third kappa shape index (κ3) is 3.51. The standard InChI is InChI=1S/C17H17ClFN3O3/c1-9-2-5-11(6-13(9)18)22-15(10-3-4-10)12(8-20-22)16(23)21-14(7-19)17(24)25/h2,5-6,8,10,14H,3-4,7H2,1H3,(H,21,23)(H,24,25). The van der Waals surface area contributed by atoms with Crippen LogP contribution in [0.5, 0.6) is 0 Å². The van der Waals surface area contributed by atoms with Crippen molar-refractivity contribution in [2.24, 2.45) is 0 Å². The normalized spacial score (nSPS) is 15.0. The second-order valence-corrected chi connectivity index (χ2v) is 6.49. The molecule has 0 spiro atoms. The number of halogens is 2. The number of aromatic nitrogens is 2. The molecule has 8 heteroatoms. The SMILES string of the molecule is Cc1ccc(-n2ncc(C(=O)NC(CF)C(=O)O)c2C2CC2)cc1Cl. The van der Waals surface area contributed by atoms with E-state index >= 15 is 0 Å². The van der Waals surface area contributed by atoms with Crippen molar-refractivity contribution >= 4 is 23.5 Å². The summed E-state index contributed by atoms with van der Waals surface area (Å²) in [6.07, 6.45) is 3.21. The molecule has 1 aliphatic rings. The Morgan fingerprint density at radius 3 is 2.76 bits per heavy atom. The number of amides is 1. The maximum Gasteiger partial charge on any atom is 0.328 e. The van der Waals surface area contributed by atoms with Gasteiger partial charge in [0.05, 0.1) is 23.1 Å². The largest absolute Gasteiger partial charge is 0.480 e. The fourth-order valence-corrected chi connectivity index (χ4v) is 2.78. The van der Waals surface area contributed by atoms with E-state index in [1.165, 1.54) is 6.20 Å². The third-order valence-corrected chi connectivity index (χ3v) is 4.58. The van der Waals surface area contributed by atoms with E-state index in [4.69, 9.17) is 16.7 Å². The van der Waals surface area contributed by atoms with E-state index in [1.807, 2.05) is 19.1 Å². The van der Waals surface area contributed by atoms with Gasteiger partial charge in [-0.05, 0) is 37.5 Å². The molecule has 0 radical (unpaired) electrons. The molecule has 3 rings (SSSR count). The first-order chi connectivity index (χ1) is 11.9. The number of carboxylic acids is 1. The van der Waals surface area contributed by atoms with Gasteiger partial charge in [-0.2, -0.15) is 5.10 Å². The molecule has 0 aliphatic heterocycles. The Hall–Kier alpha value is -2.41. The van der Waals surface area contributed by atoms with Crippen LogP contribution in [0, 0.1) is 6.92 Å². The lowest BCUT2D eigenvalue weighted by Crippen LogP contribution is -2.42. The number of carbonyl (C=O) groups is 2. The van der Waals surface area contributed by atoms with Crippen molar-refractivity contribution in [3.63, 3.8) is 0 Å². The number of aryl methyl sites for hydroxylation is 1. The summed E-state index contributed by atoms with van der Waals surface area (Å²) in [7, 11) is 0. The summed E-state index contributed by atoms with van der Waals surface area (Å²) < 4.78 is 14.4. The summed E-state index contributed by atoms with van der Waals surface area (Å²) in [5, 5.41) is 16.0. The van der Waals surface area contributed by atoms with Crippen LogP contribution >= 0.6 is 11.6 Å². The Morgan fingerprint density at radius 2 is 2.20 bits per heavy atom. The van der Waals surface area contributed by atoms with Gasteiger partial charge >= 0.3 is 5.97 Å². The zero-order valence-corrected chi connectivity index (χ0v) is 14.3.